The van der Waals surface area contributed by atoms with Crippen LogP contribution in [-0.4, -0.2) is 54.5 Å². The third-order valence-corrected chi connectivity index (χ3v) is 5.00. The summed E-state index contributed by atoms with van der Waals surface area (Å²) in [6, 6.07) is 17.6. The maximum Gasteiger partial charge on any atom is 0.317 e. The highest BCUT2D eigenvalue weighted by Crippen LogP contribution is 2.13. The van der Waals surface area contributed by atoms with Gasteiger partial charge in [-0.2, -0.15) is 0 Å². The maximum absolute atomic E-state index is 12.5. The molecule has 6 heteroatoms. The molecule has 1 saturated heterocycles. The molecule has 1 aliphatic heterocycles. The SMILES string of the molecule is Cc1ccc(NC(=O)CN2CCN(C(=O)N[C@@H](C)c3ccccc3)CC2)cc1. The number of hydrogen-bond donors (Lipinski definition) is 2. The number of aryl methyl sites for hydroxylation is 1. The fraction of sp³-hybridized carbons (Fsp3) is 0.364. The van der Waals surface area contributed by atoms with Crippen molar-refractivity contribution in [3.63, 3.8) is 0 Å². The fourth-order valence-electron chi connectivity index (χ4n) is 3.25. The zero-order valence-corrected chi connectivity index (χ0v) is 16.5. The number of anilines is 1. The number of nitrogens with zero attached hydrogens (tertiary/aromatic N) is 2. The molecule has 1 fully saturated rings. The molecular weight excluding hydrogens is 352 g/mol. The summed E-state index contributed by atoms with van der Waals surface area (Å²) in [5.74, 6) is -0.0283. The van der Waals surface area contributed by atoms with Crippen LogP contribution in [0.15, 0.2) is 54.6 Å². The Hall–Kier alpha value is -2.86. The highest BCUT2D eigenvalue weighted by Gasteiger charge is 2.23. The van der Waals surface area contributed by atoms with Gasteiger partial charge in [-0.05, 0) is 31.5 Å². The van der Waals surface area contributed by atoms with Gasteiger partial charge in [0.05, 0.1) is 12.6 Å². The Bertz CT molecular complexity index is 784. The van der Waals surface area contributed by atoms with Gasteiger partial charge in [0.25, 0.3) is 0 Å². The fourth-order valence-corrected chi connectivity index (χ4v) is 3.25. The van der Waals surface area contributed by atoms with Crippen molar-refractivity contribution in [2.75, 3.05) is 38.0 Å². The second-order valence-electron chi connectivity index (χ2n) is 7.26. The van der Waals surface area contributed by atoms with Crippen LogP contribution in [0.3, 0.4) is 0 Å². The summed E-state index contributed by atoms with van der Waals surface area (Å²) in [5, 5.41) is 5.97. The lowest BCUT2D eigenvalue weighted by Gasteiger charge is -2.35. The molecule has 148 valence electrons. The first kappa shape index (κ1) is 19.9. The van der Waals surface area contributed by atoms with E-state index in [-0.39, 0.29) is 18.0 Å². The van der Waals surface area contributed by atoms with Gasteiger partial charge in [0.1, 0.15) is 0 Å². The van der Waals surface area contributed by atoms with Crippen molar-refractivity contribution in [3.05, 3.63) is 65.7 Å². The van der Waals surface area contributed by atoms with Crippen molar-refractivity contribution >= 4 is 17.6 Å². The molecule has 1 aliphatic rings. The summed E-state index contributed by atoms with van der Waals surface area (Å²) in [7, 11) is 0. The molecule has 0 unspecified atom stereocenters. The lowest BCUT2D eigenvalue weighted by Crippen LogP contribution is -2.53. The lowest BCUT2D eigenvalue weighted by atomic mass is 10.1. The lowest BCUT2D eigenvalue weighted by molar-refractivity contribution is -0.117. The van der Waals surface area contributed by atoms with Crippen LogP contribution < -0.4 is 10.6 Å². The van der Waals surface area contributed by atoms with Crippen molar-refractivity contribution in [2.24, 2.45) is 0 Å². The predicted molar refractivity (Wildman–Crippen MR) is 111 cm³/mol. The highest BCUT2D eigenvalue weighted by molar-refractivity contribution is 5.92. The number of rotatable bonds is 5. The van der Waals surface area contributed by atoms with Crippen molar-refractivity contribution in [3.8, 4) is 0 Å². The average molecular weight is 380 g/mol. The van der Waals surface area contributed by atoms with Gasteiger partial charge in [-0.25, -0.2) is 4.79 Å². The molecule has 0 aromatic heterocycles. The van der Waals surface area contributed by atoms with E-state index in [4.69, 9.17) is 0 Å². The molecule has 0 spiro atoms. The van der Waals surface area contributed by atoms with Crippen molar-refractivity contribution in [2.45, 2.75) is 19.9 Å². The van der Waals surface area contributed by atoms with Crippen molar-refractivity contribution in [1.82, 2.24) is 15.1 Å². The van der Waals surface area contributed by atoms with Gasteiger partial charge in [0.2, 0.25) is 5.91 Å². The first-order valence-corrected chi connectivity index (χ1v) is 9.70. The third kappa shape index (κ3) is 5.57. The van der Waals surface area contributed by atoms with Crippen LogP contribution in [0.4, 0.5) is 10.5 Å². The molecule has 3 rings (SSSR count). The summed E-state index contributed by atoms with van der Waals surface area (Å²) in [6.07, 6.45) is 0. The quantitative estimate of drug-likeness (QED) is 0.838. The molecule has 0 aliphatic carbocycles. The van der Waals surface area contributed by atoms with E-state index >= 15 is 0 Å². The Morgan fingerprint density at radius 2 is 1.61 bits per heavy atom. The molecule has 2 aromatic carbocycles. The Labute approximate surface area is 166 Å². The standard InChI is InChI=1S/C22H28N4O2/c1-17-8-10-20(11-9-17)24-21(27)16-25-12-14-26(15-13-25)22(28)23-18(2)19-6-4-3-5-7-19/h3-11,18H,12-16H2,1-2H3,(H,23,28)(H,24,27)/t18-/m0/s1. The van der Waals surface area contributed by atoms with Crippen LogP contribution in [0.2, 0.25) is 0 Å². The highest BCUT2D eigenvalue weighted by atomic mass is 16.2. The van der Waals surface area contributed by atoms with E-state index in [0.29, 0.717) is 32.7 Å². The Morgan fingerprint density at radius 1 is 0.964 bits per heavy atom. The van der Waals surface area contributed by atoms with Gasteiger partial charge in [-0.3, -0.25) is 9.69 Å². The van der Waals surface area contributed by atoms with E-state index in [2.05, 4.69) is 15.5 Å². The van der Waals surface area contributed by atoms with Crippen LogP contribution in [0, 0.1) is 6.92 Å². The van der Waals surface area contributed by atoms with Crippen LogP contribution >= 0.6 is 0 Å². The number of piperazine rings is 1. The zero-order valence-electron chi connectivity index (χ0n) is 16.5. The second-order valence-corrected chi connectivity index (χ2v) is 7.26. The average Bonchev–Trinajstić information content (AvgIpc) is 2.71. The maximum atomic E-state index is 12.5. The van der Waals surface area contributed by atoms with Crippen molar-refractivity contribution in [1.29, 1.82) is 0 Å². The van der Waals surface area contributed by atoms with Gasteiger partial charge in [0, 0.05) is 31.9 Å². The first-order valence-electron chi connectivity index (χ1n) is 9.70. The van der Waals surface area contributed by atoms with E-state index in [1.165, 1.54) is 0 Å². The van der Waals surface area contributed by atoms with Crippen LogP contribution in [0.1, 0.15) is 24.1 Å². The van der Waals surface area contributed by atoms with Gasteiger partial charge in [-0.1, -0.05) is 48.0 Å². The number of carbonyl (C=O) groups excluding carboxylic acids is 2. The van der Waals surface area contributed by atoms with E-state index in [1.807, 2.05) is 73.3 Å². The number of benzene rings is 2. The van der Waals surface area contributed by atoms with Gasteiger partial charge in [0.15, 0.2) is 0 Å². The Kier molecular flexibility index (Phi) is 6.66. The molecule has 28 heavy (non-hydrogen) atoms. The molecular formula is C22H28N4O2. The summed E-state index contributed by atoms with van der Waals surface area (Å²) in [6.45, 7) is 6.95. The van der Waals surface area contributed by atoms with Gasteiger partial charge >= 0.3 is 6.03 Å². The monoisotopic (exact) mass is 380 g/mol. The van der Waals surface area contributed by atoms with Gasteiger partial charge in [-0.15, -0.1) is 0 Å². The summed E-state index contributed by atoms with van der Waals surface area (Å²) in [5.41, 5.74) is 3.06. The second kappa shape index (κ2) is 9.37. The molecule has 6 nitrogen and oxygen atoms in total. The van der Waals surface area contributed by atoms with Crippen LogP contribution in [0.25, 0.3) is 0 Å². The summed E-state index contributed by atoms with van der Waals surface area (Å²) >= 11 is 0. The Balaban J connectivity index is 1.41. The minimum atomic E-state index is -0.0555. The number of amides is 3. The largest absolute Gasteiger partial charge is 0.331 e. The van der Waals surface area contributed by atoms with Crippen LogP contribution in [0.5, 0.6) is 0 Å². The van der Waals surface area contributed by atoms with Crippen LogP contribution in [-0.2, 0) is 4.79 Å². The van der Waals surface area contributed by atoms with E-state index in [1.54, 1.807) is 0 Å². The molecule has 1 heterocycles. The molecule has 1 atom stereocenters. The smallest absolute Gasteiger partial charge is 0.317 e. The van der Waals surface area contributed by atoms with E-state index < -0.39 is 0 Å². The van der Waals surface area contributed by atoms with Crippen molar-refractivity contribution < 1.29 is 9.59 Å². The first-order chi connectivity index (χ1) is 13.5. The third-order valence-electron chi connectivity index (χ3n) is 5.00. The summed E-state index contributed by atoms with van der Waals surface area (Å²) < 4.78 is 0. The molecule has 0 bridgehead atoms. The molecule has 2 aromatic rings. The molecule has 0 radical (unpaired) electrons. The molecule has 3 amide bonds. The molecule has 2 N–H and O–H groups in total. The minimum absolute atomic E-state index is 0.0283. The topological polar surface area (TPSA) is 64.7 Å². The minimum Gasteiger partial charge on any atom is -0.331 e. The zero-order chi connectivity index (χ0) is 19.9. The van der Waals surface area contributed by atoms with E-state index in [9.17, 15) is 9.59 Å². The normalized spacial score (nSPS) is 15.7. The number of carbonyl (C=O) groups is 2. The number of hydrogen-bond acceptors (Lipinski definition) is 3. The molecule has 0 saturated carbocycles. The summed E-state index contributed by atoms with van der Waals surface area (Å²) in [4.78, 5) is 28.6. The number of urea groups is 1. The number of nitrogens with one attached hydrogen (secondary N) is 2. The Morgan fingerprint density at radius 3 is 2.25 bits per heavy atom. The van der Waals surface area contributed by atoms with E-state index in [0.717, 1.165) is 16.8 Å². The predicted octanol–water partition coefficient (Wildman–Crippen LogP) is 3.02. The van der Waals surface area contributed by atoms with Gasteiger partial charge < -0.3 is 15.5 Å².